The molecule has 0 amide bonds. The third-order valence-electron chi connectivity index (χ3n) is 7.39. The van der Waals surface area contributed by atoms with E-state index in [-0.39, 0.29) is 0 Å². The number of anilines is 3. The average molecular weight is 577 g/mol. The first-order chi connectivity index (χ1) is 21.4. The molecule has 0 unspecified atom stereocenters. The minimum absolute atomic E-state index is 0.831. The number of hydrogen-bond donors (Lipinski definition) is 0. The quantitative estimate of drug-likeness (QED) is 0.209. The number of nitrogens with zero attached hydrogens (tertiary/aromatic N) is 2. The van der Waals surface area contributed by atoms with Gasteiger partial charge in [-0.1, -0.05) is 97.7 Å². The zero-order valence-electron chi connectivity index (χ0n) is 26.8. The molecule has 0 fully saturated rings. The van der Waals surface area contributed by atoms with Crippen molar-refractivity contribution in [3.63, 3.8) is 0 Å². The molecule has 0 atom stereocenters. The van der Waals surface area contributed by atoms with E-state index in [1.807, 2.05) is 31.2 Å². The summed E-state index contributed by atoms with van der Waals surface area (Å²) in [6.45, 7) is 18.6. The average Bonchev–Trinajstić information content (AvgIpc) is 3.28. The van der Waals surface area contributed by atoms with Crippen LogP contribution in [0.4, 0.5) is 17.1 Å². The van der Waals surface area contributed by atoms with Crippen molar-refractivity contribution in [1.82, 2.24) is 0 Å². The molecule has 0 spiro atoms. The lowest BCUT2D eigenvalue weighted by Gasteiger charge is -2.29. The summed E-state index contributed by atoms with van der Waals surface area (Å²) < 4.78 is 0. The van der Waals surface area contributed by atoms with Crippen LogP contribution < -0.4 is 9.80 Å². The summed E-state index contributed by atoms with van der Waals surface area (Å²) in [5, 5.41) is 0. The number of hydrogen-bond acceptors (Lipinski definition) is 2. The number of benzene rings is 3. The summed E-state index contributed by atoms with van der Waals surface area (Å²) in [6.07, 6.45) is 23.9. The van der Waals surface area contributed by atoms with Crippen LogP contribution in [0.3, 0.4) is 0 Å². The Morgan fingerprint density at radius 3 is 1.98 bits per heavy atom. The molecule has 0 aliphatic heterocycles. The van der Waals surface area contributed by atoms with E-state index in [4.69, 9.17) is 0 Å². The molecule has 2 heteroatoms. The Morgan fingerprint density at radius 2 is 1.43 bits per heavy atom. The molecule has 4 rings (SSSR count). The smallest absolute Gasteiger partial charge is 0.0464 e. The van der Waals surface area contributed by atoms with Crippen molar-refractivity contribution in [2.24, 2.45) is 0 Å². The molecular weight excluding hydrogens is 532 g/mol. The highest BCUT2D eigenvalue weighted by Crippen LogP contribution is 2.35. The summed E-state index contributed by atoms with van der Waals surface area (Å²) in [5.41, 5.74) is 12.6. The van der Waals surface area contributed by atoms with Gasteiger partial charge in [-0.15, -0.1) is 0 Å². The second kappa shape index (κ2) is 15.4. The van der Waals surface area contributed by atoms with Crippen LogP contribution in [0.1, 0.15) is 39.7 Å². The molecule has 1 aliphatic carbocycles. The molecule has 222 valence electrons. The van der Waals surface area contributed by atoms with E-state index in [9.17, 15) is 0 Å². The van der Waals surface area contributed by atoms with Crippen LogP contribution in [0.25, 0.3) is 11.1 Å². The lowest BCUT2D eigenvalue weighted by Crippen LogP contribution is -2.20. The van der Waals surface area contributed by atoms with Crippen LogP contribution in [0.5, 0.6) is 0 Å². The minimum atomic E-state index is 0.831. The molecule has 0 heterocycles. The molecule has 1 aliphatic rings. The predicted molar refractivity (Wildman–Crippen MR) is 194 cm³/mol. The largest absolute Gasteiger partial charge is 0.314 e. The minimum Gasteiger partial charge on any atom is -0.314 e. The van der Waals surface area contributed by atoms with Gasteiger partial charge in [-0.25, -0.2) is 0 Å². The zero-order chi connectivity index (χ0) is 31.5. The fourth-order valence-electron chi connectivity index (χ4n) is 5.24. The van der Waals surface area contributed by atoms with E-state index < -0.39 is 0 Å². The summed E-state index contributed by atoms with van der Waals surface area (Å²) in [4.78, 5) is 4.59. The number of allylic oxidation sites excluding steroid dienone is 13. The van der Waals surface area contributed by atoms with E-state index >= 15 is 0 Å². The van der Waals surface area contributed by atoms with Crippen LogP contribution in [-0.4, -0.2) is 0 Å². The van der Waals surface area contributed by atoms with Crippen molar-refractivity contribution >= 4 is 17.1 Å². The topological polar surface area (TPSA) is 6.48 Å². The van der Waals surface area contributed by atoms with Crippen molar-refractivity contribution in [3.8, 4) is 11.1 Å². The Bertz CT molecular complexity index is 1680. The van der Waals surface area contributed by atoms with Crippen LogP contribution in [0.15, 0.2) is 181 Å². The first kappa shape index (κ1) is 31.8. The first-order valence-electron chi connectivity index (χ1n) is 15.2. The molecule has 0 saturated heterocycles. The summed E-state index contributed by atoms with van der Waals surface area (Å²) in [6, 6.07) is 26.2. The molecule has 2 nitrogen and oxygen atoms in total. The van der Waals surface area contributed by atoms with E-state index in [1.54, 1.807) is 0 Å². The fourth-order valence-corrected chi connectivity index (χ4v) is 5.24. The van der Waals surface area contributed by atoms with Gasteiger partial charge in [-0.2, -0.15) is 0 Å². The lowest BCUT2D eigenvalue weighted by atomic mass is 10.0. The summed E-state index contributed by atoms with van der Waals surface area (Å²) in [7, 11) is 0. The lowest BCUT2D eigenvalue weighted by molar-refractivity contribution is 1.03. The molecule has 3 aromatic carbocycles. The maximum Gasteiger partial charge on any atom is 0.0464 e. The zero-order valence-corrected chi connectivity index (χ0v) is 26.8. The van der Waals surface area contributed by atoms with Gasteiger partial charge in [0.1, 0.15) is 0 Å². The van der Waals surface area contributed by atoms with Gasteiger partial charge in [0.25, 0.3) is 0 Å². The summed E-state index contributed by atoms with van der Waals surface area (Å²) >= 11 is 0. The van der Waals surface area contributed by atoms with Gasteiger partial charge in [0.05, 0.1) is 0 Å². The van der Waals surface area contributed by atoms with Gasteiger partial charge in [0.15, 0.2) is 0 Å². The van der Waals surface area contributed by atoms with Gasteiger partial charge in [-0.3, -0.25) is 0 Å². The van der Waals surface area contributed by atoms with Crippen LogP contribution in [0.2, 0.25) is 0 Å². The molecule has 44 heavy (non-hydrogen) atoms. The monoisotopic (exact) mass is 576 g/mol. The normalized spacial score (nSPS) is 13.6. The van der Waals surface area contributed by atoms with Gasteiger partial charge in [-0.05, 0) is 118 Å². The van der Waals surface area contributed by atoms with Crippen molar-refractivity contribution < 1.29 is 0 Å². The van der Waals surface area contributed by atoms with E-state index in [0.717, 1.165) is 40.5 Å². The molecule has 0 bridgehead atoms. The van der Waals surface area contributed by atoms with E-state index in [2.05, 4.69) is 166 Å². The molecule has 0 saturated carbocycles. The molecule has 0 aromatic heterocycles. The van der Waals surface area contributed by atoms with Crippen LogP contribution in [0, 0.1) is 6.92 Å². The van der Waals surface area contributed by atoms with E-state index in [1.165, 1.54) is 28.0 Å². The van der Waals surface area contributed by atoms with Gasteiger partial charge in [0, 0.05) is 40.6 Å². The summed E-state index contributed by atoms with van der Waals surface area (Å²) in [5.74, 6) is 0. The Balaban J connectivity index is 1.70. The van der Waals surface area contributed by atoms with Crippen molar-refractivity contribution in [1.29, 1.82) is 0 Å². The Labute approximate surface area is 265 Å². The maximum absolute atomic E-state index is 4.11. The fraction of sp³-hybridized carbons (Fsp3) is 0.143. The third-order valence-corrected chi connectivity index (χ3v) is 7.39. The molecule has 0 radical (unpaired) electrons. The highest BCUT2D eigenvalue weighted by molar-refractivity contribution is 5.75. The van der Waals surface area contributed by atoms with Gasteiger partial charge >= 0.3 is 0 Å². The third kappa shape index (κ3) is 7.85. The van der Waals surface area contributed by atoms with Crippen molar-refractivity contribution in [2.45, 2.75) is 41.0 Å². The number of rotatable bonds is 11. The van der Waals surface area contributed by atoms with Crippen LogP contribution in [-0.2, 0) is 0 Å². The Kier molecular flexibility index (Phi) is 11.2. The molecule has 0 N–H and O–H groups in total. The Hall–Kier alpha value is -5.08. The second-order valence-electron chi connectivity index (χ2n) is 11.0. The molecular formula is C42H44N2. The maximum atomic E-state index is 4.11. The van der Waals surface area contributed by atoms with Crippen molar-refractivity contribution in [3.05, 3.63) is 187 Å². The van der Waals surface area contributed by atoms with Crippen LogP contribution >= 0.6 is 0 Å². The first-order valence-corrected chi connectivity index (χ1v) is 15.2. The SMILES string of the molecule is C=CC1=CC=C(N(/C(C=C(C)C)=C/C)c2ccc(-c3ccc(N(/C(C=C)=C/C=C\C)c4cccc(C)c4)cc3)cc2)CC=C1. The predicted octanol–water partition coefficient (Wildman–Crippen LogP) is 12.1. The van der Waals surface area contributed by atoms with Gasteiger partial charge in [0.2, 0.25) is 0 Å². The van der Waals surface area contributed by atoms with E-state index in [0.29, 0.717) is 0 Å². The molecule has 3 aromatic rings. The Morgan fingerprint density at radius 1 is 0.773 bits per heavy atom. The highest BCUT2D eigenvalue weighted by Gasteiger charge is 2.17. The second-order valence-corrected chi connectivity index (χ2v) is 11.0. The van der Waals surface area contributed by atoms with Crippen molar-refractivity contribution in [2.75, 3.05) is 9.80 Å². The van der Waals surface area contributed by atoms with Gasteiger partial charge < -0.3 is 9.80 Å². The number of aryl methyl sites for hydroxylation is 1. The highest BCUT2D eigenvalue weighted by atomic mass is 15.2. The standard InChI is InChI=1S/C42H44N2/c1-8-12-17-37(10-3)43(42-19-13-15-33(7)31-42)40-26-21-35(22-27-40)36-23-28-41(29-24-36)44(38(11-4)30-32(5)6)39-18-14-16-34(9-2)20-25-39/h8-17,19-31H,2-3,18H2,1,4-7H3/b12-8-,37-17+,38-11+.